The van der Waals surface area contributed by atoms with Crippen LogP contribution in [-0.4, -0.2) is 31.6 Å². The number of aliphatic hydroxyl groups is 1. The van der Waals surface area contributed by atoms with Crippen molar-refractivity contribution in [3.8, 4) is 0 Å². The molecule has 0 aliphatic rings. The van der Waals surface area contributed by atoms with Gasteiger partial charge in [-0.15, -0.1) is 11.3 Å². The fraction of sp³-hybridized carbons (Fsp3) is 0.350. The van der Waals surface area contributed by atoms with Crippen LogP contribution >= 0.6 is 11.3 Å². The minimum absolute atomic E-state index is 0.298. The number of hydrogen-bond donors (Lipinski definition) is 1. The molecule has 0 spiro atoms. The maximum absolute atomic E-state index is 10.7. The van der Waals surface area contributed by atoms with Gasteiger partial charge < -0.3 is 10.0 Å². The Balaban J connectivity index is 1.84. The second-order valence-corrected chi connectivity index (χ2v) is 6.99. The van der Waals surface area contributed by atoms with E-state index in [0.717, 1.165) is 53.8 Å². The van der Waals surface area contributed by atoms with Crippen molar-refractivity contribution >= 4 is 35.5 Å². The Kier molecular flexibility index (Phi) is 7.72. The predicted octanol–water partition coefficient (Wildman–Crippen LogP) is 4.72. The molecule has 0 amide bonds. The summed E-state index contributed by atoms with van der Waals surface area (Å²) in [6.07, 6.45) is 9.31. The average molecular weight is 343 g/mol. The zero-order valence-corrected chi connectivity index (χ0v) is 15.0. The Bertz CT molecular complexity index is 646. The number of nitrogens with zero attached hydrogens (tertiary/aromatic N) is 1. The summed E-state index contributed by atoms with van der Waals surface area (Å²) in [4.78, 5) is 14.8. The molecule has 1 aromatic carbocycles. The fourth-order valence-electron chi connectivity index (χ4n) is 2.48. The van der Waals surface area contributed by atoms with Gasteiger partial charge in [-0.05, 0) is 48.7 Å². The van der Waals surface area contributed by atoms with Crippen LogP contribution in [0, 0.1) is 0 Å². The fourth-order valence-corrected chi connectivity index (χ4v) is 3.21. The lowest BCUT2D eigenvalue weighted by Gasteiger charge is -2.19. The highest BCUT2D eigenvalue weighted by molar-refractivity contribution is 7.14. The monoisotopic (exact) mass is 343 g/mol. The summed E-state index contributed by atoms with van der Waals surface area (Å²) in [6.45, 7) is 1.33. The van der Waals surface area contributed by atoms with Crippen LogP contribution in [0.5, 0.6) is 0 Å². The first-order valence-corrected chi connectivity index (χ1v) is 9.20. The van der Waals surface area contributed by atoms with E-state index >= 15 is 0 Å². The molecule has 24 heavy (non-hydrogen) atoms. The van der Waals surface area contributed by atoms with Gasteiger partial charge in [0.25, 0.3) is 0 Å². The van der Waals surface area contributed by atoms with Gasteiger partial charge in [-0.25, -0.2) is 0 Å². The van der Waals surface area contributed by atoms with Gasteiger partial charge in [0.15, 0.2) is 6.29 Å². The summed E-state index contributed by atoms with van der Waals surface area (Å²) in [6, 6.07) is 12.3. The molecule has 0 atom stereocenters. The Morgan fingerprint density at radius 1 is 0.958 bits per heavy atom. The Hall–Kier alpha value is -1.91. The van der Waals surface area contributed by atoms with Crippen LogP contribution < -0.4 is 4.90 Å². The normalized spacial score (nSPS) is 11.1. The number of carbonyl (C=O) groups excluding carboxylic acids is 1. The molecule has 2 rings (SSSR count). The number of unbranched alkanes of at least 4 members (excludes halogenated alkanes) is 3. The number of thiophene rings is 1. The molecule has 0 fully saturated rings. The Morgan fingerprint density at radius 3 is 2.33 bits per heavy atom. The number of rotatable bonds is 10. The van der Waals surface area contributed by atoms with E-state index in [2.05, 4.69) is 42.3 Å². The van der Waals surface area contributed by atoms with Crippen molar-refractivity contribution in [2.45, 2.75) is 25.7 Å². The van der Waals surface area contributed by atoms with Crippen LogP contribution in [0.25, 0.3) is 12.2 Å². The first kappa shape index (κ1) is 18.4. The van der Waals surface area contributed by atoms with Gasteiger partial charge in [0, 0.05) is 30.8 Å². The van der Waals surface area contributed by atoms with Crippen LogP contribution in [0.3, 0.4) is 0 Å². The van der Waals surface area contributed by atoms with E-state index in [1.165, 1.54) is 17.0 Å². The Morgan fingerprint density at radius 2 is 1.67 bits per heavy atom. The molecule has 128 valence electrons. The third-order valence-corrected chi connectivity index (χ3v) is 4.92. The molecule has 0 aliphatic carbocycles. The molecule has 4 heteroatoms. The van der Waals surface area contributed by atoms with Crippen LogP contribution in [0.4, 0.5) is 5.69 Å². The van der Waals surface area contributed by atoms with Crippen molar-refractivity contribution in [1.29, 1.82) is 0 Å². The average Bonchev–Trinajstić information content (AvgIpc) is 3.08. The van der Waals surface area contributed by atoms with Crippen molar-refractivity contribution in [3.63, 3.8) is 0 Å². The van der Waals surface area contributed by atoms with E-state index in [0.29, 0.717) is 6.61 Å². The third kappa shape index (κ3) is 5.95. The summed E-state index contributed by atoms with van der Waals surface area (Å²) < 4.78 is 0. The maximum atomic E-state index is 10.7. The van der Waals surface area contributed by atoms with E-state index in [1.54, 1.807) is 0 Å². The van der Waals surface area contributed by atoms with E-state index in [4.69, 9.17) is 5.11 Å². The molecule has 0 bridgehead atoms. The van der Waals surface area contributed by atoms with Crippen LogP contribution in [0.15, 0.2) is 36.4 Å². The lowest BCUT2D eigenvalue weighted by atomic mass is 10.1. The Labute approximate surface area is 148 Å². The molecule has 1 aromatic heterocycles. The number of anilines is 1. The van der Waals surface area contributed by atoms with E-state index < -0.39 is 0 Å². The van der Waals surface area contributed by atoms with Crippen molar-refractivity contribution in [2.24, 2.45) is 0 Å². The summed E-state index contributed by atoms with van der Waals surface area (Å²) in [5.41, 5.74) is 2.37. The molecule has 1 N–H and O–H groups in total. The number of carbonyl (C=O) groups is 1. The number of hydrogen-bond acceptors (Lipinski definition) is 4. The molecule has 0 unspecified atom stereocenters. The van der Waals surface area contributed by atoms with Crippen LogP contribution in [0.2, 0.25) is 0 Å². The van der Waals surface area contributed by atoms with Crippen molar-refractivity contribution in [1.82, 2.24) is 0 Å². The third-order valence-electron chi connectivity index (χ3n) is 3.94. The minimum Gasteiger partial charge on any atom is -0.396 e. The van der Waals surface area contributed by atoms with Crippen molar-refractivity contribution in [2.75, 3.05) is 25.1 Å². The van der Waals surface area contributed by atoms with Crippen LogP contribution in [0.1, 0.15) is 45.8 Å². The molecular formula is C20H25NO2S. The highest BCUT2D eigenvalue weighted by Gasteiger charge is 2.00. The number of benzene rings is 1. The smallest absolute Gasteiger partial charge is 0.160 e. The zero-order chi connectivity index (χ0) is 17.2. The summed E-state index contributed by atoms with van der Waals surface area (Å²) in [5.74, 6) is 0. The highest BCUT2D eigenvalue weighted by Crippen LogP contribution is 2.19. The lowest BCUT2D eigenvalue weighted by Crippen LogP contribution is -2.18. The molecule has 0 radical (unpaired) electrons. The number of aldehydes is 1. The molecule has 2 aromatic rings. The van der Waals surface area contributed by atoms with E-state index in [9.17, 15) is 4.79 Å². The molecule has 0 saturated heterocycles. The molecule has 3 nitrogen and oxygen atoms in total. The van der Waals surface area contributed by atoms with E-state index in [1.807, 2.05) is 18.2 Å². The SMILES string of the molecule is CN(CCCCCCO)c1ccc(/C=C/c2ccc(C=O)s2)cc1. The minimum atomic E-state index is 0.298. The lowest BCUT2D eigenvalue weighted by molar-refractivity contribution is 0.112. The topological polar surface area (TPSA) is 40.5 Å². The van der Waals surface area contributed by atoms with Gasteiger partial charge in [0.1, 0.15) is 0 Å². The van der Waals surface area contributed by atoms with Gasteiger partial charge in [-0.1, -0.05) is 31.1 Å². The number of aliphatic hydroxyl groups excluding tert-OH is 1. The molecule has 0 saturated carbocycles. The van der Waals surface area contributed by atoms with Gasteiger partial charge in [-0.2, -0.15) is 0 Å². The van der Waals surface area contributed by atoms with Gasteiger partial charge in [0.05, 0.1) is 4.88 Å². The molecule has 1 heterocycles. The largest absolute Gasteiger partial charge is 0.396 e. The van der Waals surface area contributed by atoms with Gasteiger partial charge >= 0.3 is 0 Å². The summed E-state index contributed by atoms with van der Waals surface area (Å²) in [5, 5.41) is 8.78. The maximum Gasteiger partial charge on any atom is 0.160 e. The van der Waals surface area contributed by atoms with Crippen molar-refractivity contribution < 1.29 is 9.90 Å². The van der Waals surface area contributed by atoms with Gasteiger partial charge in [0.2, 0.25) is 0 Å². The van der Waals surface area contributed by atoms with Gasteiger partial charge in [-0.3, -0.25) is 4.79 Å². The summed E-state index contributed by atoms with van der Waals surface area (Å²) in [7, 11) is 2.11. The molecular weight excluding hydrogens is 318 g/mol. The molecule has 0 aliphatic heterocycles. The predicted molar refractivity (Wildman–Crippen MR) is 104 cm³/mol. The van der Waals surface area contributed by atoms with Crippen LogP contribution in [-0.2, 0) is 0 Å². The zero-order valence-electron chi connectivity index (χ0n) is 14.1. The van der Waals surface area contributed by atoms with Crippen molar-refractivity contribution in [3.05, 3.63) is 51.7 Å². The first-order valence-electron chi connectivity index (χ1n) is 8.38. The quantitative estimate of drug-likeness (QED) is 0.501. The van der Waals surface area contributed by atoms with E-state index in [-0.39, 0.29) is 0 Å². The summed E-state index contributed by atoms with van der Waals surface area (Å²) >= 11 is 1.50. The highest BCUT2D eigenvalue weighted by atomic mass is 32.1. The second-order valence-electron chi connectivity index (χ2n) is 5.84. The standard InChI is InChI=1S/C20H25NO2S/c1-21(14-4-2-3-5-15-22)18-9-6-17(7-10-18)8-11-19-12-13-20(16-23)24-19/h6-13,16,22H,2-5,14-15H2,1H3/b11-8+. The second kappa shape index (κ2) is 10.1. The first-order chi connectivity index (χ1) is 11.7.